The summed E-state index contributed by atoms with van der Waals surface area (Å²) >= 11 is 0. The van der Waals surface area contributed by atoms with Crippen molar-refractivity contribution in [1.82, 2.24) is 14.8 Å². The third-order valence-corrected chi connectivity index (χ3v) is 5.41. The normalized spacial score (nSPS) is 15.9. The molecule has 9 heteroatoms. The fourth-order valence-corrected chi connectivity index (χ4v) is 3.72. The molecule has 0 bridgehead atoms. The first kappa shape index (κ1) is 20.1. The molecule has 2 aromatic carbocycles. The lowest BCUT2D eigenvalue weighted by atomic mass is 9.95. The van der Waals surface area contributed by atoms with Crippen LogP contribution in [0, 0.1) is 0 Å². The highest BCUT2D eigenvalue weighted by Gasteiger charge is 2.39. The largest absolute Gasteiger partial charge is 0.416 e. The average Bonchev–Trinajstić information content (AvgIpc) is 3.29. The Bertz CT molecular complexity index is 1110. The molecular weight excluding hydrogens is 400 g/mol. The molecule has 2 heterocycles. The summed E-state index contributed by atoms with van der Waals surface area (Å²) in [5, 5.41) is 7.49. The van der Waals surface area contributed by atoms with E-state index in [-0.39, 0.29) is 23.5 Å². The molecule has 0 saturated carbocycles. The molecule has 5 nitrogen and oxygen atoms in total. The minimum absolute atomic E-state index is 0.0331. The van der Waals surface area contributed by atoms with E-state index in [9.17, 15) is 22.4 Å². The van der Waals surface area contributed by atoms with E-state index in [1.807, 2.05) is 0 Å². The van der Waals surface area contributed by atoms with Gasteiger partial charge in [-0.05, 0) is 35.4 Å². The molecule has 0 N–H and O–H groups in total. The molecular formula is C21H18F4N4O. The van der Waals surface area contributed by atoms with Crippen molar-refractivity contribution in [2.24, 2.45) is 7.05 Å². The minimum Gasteiger partial charge on any atom is -0.318 e. The number of rotatable bonds is 4. The van der Waals surface area contributed by atoms with E-state index in [1.165, 1.54) is 27.9 Å². The first-order valence-corrected chi connectivity index (χ1v) is 9.27. The van der Waals surface area contributed by atoms with Gasteiger partial charge in [0.25, 0.3) is 5.91 Å². The number of alkyl halides is 4. The fourth-order valence-electron chi connectivity index (χ4n) is 3.72. The van der Waals surface area contributed by atoms with Crippen molar-refractivity contribution in [2.45, 2.75) is 31.7 Å². The van der Waals surface area contributed by atoms with Gasteiger partial charge in [-0.25, -0.2) is 4.39 Å². The Morgan fingerprint density at radius 1 is 1.13 bits per heavy atom. The van der Waals surface area contributed by atoms with Gasteiger partial charge in [0, 0.05) is 24.2 Å². The molecule has 1 aromatic heterocycles. The predicted octanol–water partition coefficient (Wildman–Crippen LogP) is 4.81. The van der Waals surface area contributed by atoms with Gasteiger partial charge in [-0.3, -0.25) is 4.79 Å². The number of fused-ring (bicyclic) bond motifs is 1. The van der Waals surface area contributed by atoms with Crippen LogP contribution >= 0.6 is 0 Å². The summed E-state index contributed by atoms with van der Waals surface area (Å²) in [5.74, 6) is -0.933. The van der Waals surface area contributed by atoms with Crippen LogP contribution in [0.3, 0.4) is 0 Å². The van der Waals surface area contributed by atoms with E-state index >= 15 is 0 Å². The molecule has 2 atom stereocenters. The van der Waals surface area contributed by atoms with Gasteiger partial charge < -0.3 is 9.47 Å². The van der Waals surface area contributed by atoms with Crippen LogP contribution in [0.25, 0.3) is 0 Å². The molecule has 156 valence electrons. The Balaban J connectivity index is 1.65. The van der Waals surface area contributed by atoms with Gasteiger partial charge in [-0.1, -0.05) is 25.1 Å². The van der Waals surface area contributed by atoms with Crippen LogP contribution in [0.5, 0.6) is 0 Å². The van der Waals surface area contributed by atoms with Crippen molar-refractivity contribution in [1.29, 1.82) is 0 Å². The number of carbonyl (C=O) groups excluding carboxylic acids is 1. The third-order valence-electron chi connectivity index (χ3n) is 5.41. The van der Waals surface area contributed by atoms with Crippen molar-refractivity contribution in [3.63, 3.8) is 0 Å². The number of carbonyl (C=O) groups is 1. The number of halogens is 4. The van der Waals surface area contributed by atoms with Gasteiger partial charge in [-0.15, -0.1) is 10.2 Å². The molecule has 0 radical (unpaired) electrons. The third kappa shape index (κ3) is 3.34. The lowest BCUT2D eigenvalue weighted by Crippen LogP contribution is -2.23. The average molecular weight is 418 g/mol. The molecule has 1 amide bonds. The van der Waals surface area contributed by atoms with Crippen LogP contribution in [0.1, 0.15) is 51.9 Å². The summed E-state index contributed by atoms with van der Waals surface area (Å²) in [6, 6.07) is 10.2. The second kappa shape index (κ2) is 7.23. The minimum atomic E-state index is -4.55. The quantitative estimate of drug-likeness (QED) is 0.572. The molecule has 0 unspecified atom stereocenters. The van der Waals surface area contributed by atoms with Crippen LogP contribution in [0.4, 0.5) is 23.2 Å². The summed E-state index contributed by atoms with van der Waals surface area (Å²) in [5.41, 5.74) is 0.190. The summed E-state index contributed by atoms with van der Waals surface area (Å²) in [6.45, 7) is 1.49. The highest BCUT2D eigenvalue weighted by molar-refractivity contribution is 6.10. The number of benzene rings is 2. The van der Waals surface area contributed by atoms with Crippen molar-refractivity contribution in [2.75, 3.05) is 4.90 Å². The highest BCUT2D eigenvalue weighted by atomic mass is 19.4. The van der Waals surface area contributed by atoms with E-state index in [0.29, 0.717) is 11.3 Å². The van der Waals surface area contributed by atoms with E-state index in [4.69, 9.17) is 0 Å². The maximum atomic E-state index is 15.0. The van der Waals surface area contributed by atoms with Gasteiger partial charge in [-0.2, -0.15) is 13.2 Å². The van der Waals surface area contributed by atoms with Gasteiger partial charge in [0.2, 0.25) is 0 Å². The first-order valence-electron chi connectivity index (χ1n) is 9.27. The summed E-state index contributed by atoms with van der Waals surface area (Å²) in [4.78, 5) is 14.1. The summed E-state index contributed by atoms with van der Waals surface area (Å²) in [6.07, 6.45) is -4.57. The number of anilines is 1. The number of aromatic nitrogens is 3. The zero-order chi connectivity index (χ0) is 21.6. The lowest BCUT2D eigenvalue weighted by Gasteiger charge is -2.21. The fraction of sp³-hybridized carbons (Fsp3) is 0.286. The highest BCUT2D eigenvalue weighted by Crippen LogP contribution is 2.39. The molecule has 0 spiro atoms. The topological polar surface area (TPSA) is 51.0 Å². The van der Waals surface area contributed by atoms with E-state index in [1.54, 1.807) is 38.2 Å². The Morgan fingerprint density at radius 2 is 1.87 bits per heavy atom. The van der Waals surface area contributed by atoms with E-state index < -0.39 is 29.7 Å². The SMILES string of the molecule is C[C@@H](c1cccc(N2Cc3c(cccc3C(F)(F)F)C2=O)c1)[C@H](F)c1nncn1C. The monoisotopic (exact) mass is 418 g/mol. The lowest BCUT2D eigenvalue weighted by molar-refractivity contribution is -0.138. The maximum absolute atomic E-state index is 15.0. The first-order chi connectivity index (χ1) is 14.2. The number of amides is 1. The number of hydrogen-bond acceptors (Lipinski definition) is 3. The van der Waals surface area contributed by atoms with Gasteiger partial charge in [0.05, 0.1) is 12.1 Å². The van der Waals surface area contributed by atoms with Crippen molar-refractivity contribution in [3.8, 4) is 0 Å². The Morgan fingerprint density at radius 3 is 2.53 bits per heavy atom. The van der Waals surface area contributed by atoms with Crippen LogP contribution in [-0.2, 0) is 19.8 Å². The summed E-state index contributed by atoms with van der Waals surface area (Å²) < 4.78 is 56.5. The van der Waals surface area contributed by atoms with Crippen LogP contribution in [-0.4, -0.2) is 20.7 Å². The molecule has 0 fully saturated rings. The standard InChI is InChI=1S/C21H18F4N4O/c1-12(18(22)19-27-26-11-28(19)2)13-5-3-6-14(9-13)29-10-16-15(20(29)30)7-4-8-17(16)21(23,24)25/h3-9,11-12,18H,10H2,1-2H3/t12-,18-/m0/s1. The maximum Gasteiger partial charge on any atom is 0.416 e. The number of hydrogen-bond donors (Lipinski definition) is 0. The molecule has 0 saturated heterocycles. The van der Waals surface area contributed by atoms with Crippen molar-refractivity contribution in [3.05, 3.63) is 76.9 Å². The number of nitrogens with zero attached hydrogens (tertiary/aromatic N) is 4. The van der Waals surface area contributed by atoms with Gasteiger partial charge >= 0.3 is 6.18 Å². The van der Waals surface area contributed by atoms with Crippen molar-refractivity contribution < 1.29 is 22.4 Å². The second-order valence-corrected chi connectivity index (χ2v) is 7.31. The van der Waals surface area contributed by atoms with Crippen molar-refractivity contribution >= 4 is 11.6 Å². The van der Waals surface area contributed by atoms with Crippen LogP contribution < -0.4 is 4.90 Å². The molecule has 4 rings (SSSR count). The zero-order valence-electron chi connectivity index (χ0n) is 16.2. The van der Waals surface area contributed by atoms with Crippen LogP contribution in [0.15, 0.2) is 48.8 Å². The van der Waals surface area contributed by atoms with E-state index in [0.717, 1.165) is 6.07 Å². The zero-order valence-corrected chi connectivity index (χ0v) is 16.2. The Hall–Kier alpha value is -3.23. The van der Waals surface area contributed by atoms with Gasteiger partial charge in [0.15, 0.2) is 12.0 Å². The van der Waals surface area contributed by atoms with Crippen LogP contribution in [0.2, 0.25) is 0 Å². The smallest absolute Gasteiger partial charge is 0.318 e. The second-order valence-electron chi connectivity index (χ2n) is 7.31. The predicted molar refractivity (Wildman–Crippen MR) is 102 cm³/mol. The summed E-state index contributed by atoms with van der Waals surface area (Å²) in [7, 11) is 1.64. The van der Waals surface area contributed by atoms with E-state index in [2.05, 4.69) is 10.2 Å². The molecule has 30 heavy (non-hydrogen) atoms. The molecule has 1 aliphatic heterocycles. The molecule has 1 aliphatic rings. The number of aryl methyl sites for hydroxylation is 1. The molecule has 3 aromatic rings. The molecule has 0 aliphatic carbocycles. The Labute approximate surface area is 170 Å². The Kier molecular flexibility index (Phi) is 4.83. The van der Waals surface area contributed by atoms with Gasteiger partial charge in [0.1, 0.15) is 6.33 Å².